The summed E-state index contributed by atoms with van der Waals surface area (Å²) in [6.45, 7) is 1.08. The summed E-state index contributed by atoms with van der Waals surface area (Å²) in [6.07, 6.45) is 1.46. The minimum Gasteiger partial charge on any atom is -0.486 e. The van der Waals surface area contributed by atoms with Crippen molar-refractivity contribution in [2.45, 2.75) is 0 Å². The van der Waals surface area contributed by atoms with Crippen LogP contribution < -0.4 is 25.4 Å². The maximum atomic E-state index is 12.0. The molecule has 28 heavy (non-hydrogen) atoms. The highest BCUT2D eigenvalue weighted by Crippen LogP contribution is 2.32. The number of anilines is 3. The van der Waals surface area contributed by atoms with Crippen molar-refractivity contribution in [3.63, 3.8) is 0 Å². The predicted octanol–water partition coefficient (Wildman–Crippen LogP) is 4.11. The lowest BCUT2D eigenvalue weighted by atomic mass is 10.2. The van der Waals surface area contributed by atoms with Crippen molar-refractivity contribution >= 4 is 40.3 Å². The molecule has 3 aromatic rings. The van der Waals surface area contributed by atoms with Crippen LogP contribution in [0, 0.1) is 0 Å². The van der Waals surface area contributed by atoms with Crippen molar-refractivity contribution in [2.75, 3.05) is 29.2 Å². The Morgan fingerprint density at radius 3 is 2.18 bits per heavy atom. The van der Waals surface area contributed by atoms with Gasteiger partial charge in [0.15, 0.2) is 22.4 Å². The Morgan fingerprint density at radius 1 is 0.821 bits per heavy atom. The van der Waals surface area contributed by atoms with Crippen LogP contribution >= 0.6 is 12.2 Å². The summed E-state index contributed by atoms with van der Waals surface area (Å²) >= 11 is 5.35. The number of ether oxygens (including phenoxy) is 2. The van der Waals surface area contributed by atoms with Gasteiger partial charge in [-0.25, -0.2) is 0 Å². The van der Waals surface area contributed by atoms with E-state index in [1.807, 2.05) is 30.3 Å². The molecule has 2 aromatic carbocycles. The summed E-state index contributed by atoms with van der Waals surface area (Å²) in [5.41, 5.74) is 2.23. The number of hydrogen-bond acceptors (Lipinski definition) is 5. The zero-order chi connectivity index (χ0) is 19.3. The van der Waals surface area contributed by atoms with Crippen molar-refractivity contribution in [3.05, 3.63) is 66.6 Å². The monoisotopic (exact) mass is 395 g/mol. The molecule has 1 amide bonds. The third kappa shape index (κ3) is 4.24. The zero-order valence-electron chi connectivity index (χ0n) is 14.7. The molecule has 1 aromatic heterocycles. The maximum Gasteiger partial charge on any atom is 0.291 e. The number of hydrogen-bond donors (Lipinski definition) is 3. The highest BCUT2D eigenvalue weighted by molar-refractivity contribution is 7.80. The van der Waals surface area contributed by atoms with Gasteiger partial charge in [-0.1, -0.05) is 0 Å². The van der Waals surface area contributed by atoms with E-state index in [1.54, 1.807) is 24.3 Å². The number of benzene rings is 2. The molecule has 4 rings (SSSR count). The smallest absolute Gasteiger partial charge is 0.291 e. The maximum absolute atomic E-state index is 12.0. The van der Waals surface area contributed by atoms with Gasteiger partial charge in [-0.3, -0.25) is 4.79 Å². The normalized spacial score (nSPS) is 12.1. The van der Waals surface area contributed by atoms with Crippen molar-refractivity contribution in [2.24, 2.45) is 0 Å². The summed E-state index contributed by atoms with van der Waals surface area (Å²) in [6, 6.07) is 16.0. The molecule has 0 fully saturated rings. The van der Waals surface area contributed by atoms with Gasteiger partial charge >= 0.3 is 0 Å². The molecule has 1 aliphatic heterocycles. The third-order valence-electron chi connectivity index (χ3n) is 3.95. The number of amides is 1. The summed E-state index contributed by atoms with van der Waals surface area (Å²) in [5, 5.41) is 9.40. The molecule has 2 heterocycles. The van der Waals surface area contributed by atoms with E-state index in [9.17, 15) is 4.79 Å². The fourth-order valence-electron chi connectivity index (χ4n) is 2.65. The second kappa shape index (κ2) is 8.01. The van der Waals surface area contributed by atoms with Gasteiger partial charge in [0.05, 0.1) is 6.26 Å². The minimum absolute atomic E-state index is 0.256. The summed E-state index contributed by atoms with van der Waals surface area (Å²) < 4.78 is 16.1. The Bertz CT molecular complexity index is 987. The first kappa shape index (κ1) is 17.9. The lowest BCUT2D eigenvalue weighted by Crippen LogP contribution is -2.20. The van der Waals surface area contributed by atoms with Crippen molar-refractivity contribution in [3.8, 4) is 11.5 Å². The number of thiocarbonyl (C=S) groups is 1. The number of furan rings is 1. The van der Waals surface area contributed by atoms with Gasteiger partial charge in [0, 0.05) is 23.1 Å². The van der Waals surface area contributed by atoms with E-state index in [2.05, 4.69) is 16.0 Å². The van der Waals surface area contributed by atoms with Gasteiger partial charge < -0.3 is 29.8 Å². The SMILES string of the molecule is O=C(Nc1ccc(NC(=S)Nc2ccc3c(c2)OCCO3)cc1)c1ccco1. The molecule has 0 saturated carbocycles. The number of carbonyl (C=O) groups excluding carboxylic acids is 1. The van der Waals surface area contributed by atoms with E-state index >= 15 is 0 Å². The molecular weight excluding hydrogens is 378 g/mol. The Hall–Kier alpha value is -3.52. The average Bonchev–Trinajstić information content (AvgIpc) is 3.24. The van der Waals surface area contributed by atoms with Crippen LogP contribution in [0.25, 0.3) is 0 Å². The van der Waals surface area contributed by atoms with Gasteiger partial charge in [0.1, 0.15) is 13.2 Å². The van der Waals surface area contributed by atoms with E-state index in [1.165, 1.54) is 6.26 Å². The van der Waals surface area contributed by atoms with Crippen LogP contribution in [0.2, 0.25) is 0 Å². The summed E-state index contributed by atoms with van der Waals surface area (Å²) in [4.78, 5) is 12.0. The molecule has 0 spiro atoms. The topological polar surface area (TPSA) is 84.8 Å². The van der Waals surface area contributed by atoms with Crippen LogP contribution in [0.4, 0.5) is 17.1 Å². The molecule has 0 aliphatic carbocycles. The fraction of sp³-hybridized carbons (Fsp3) is 0.100. The van der Waals surface area contributed by atoms with Crippen molar-refractivity contribution in [1.82, 2.24) is 0 Å². The Labute approximate surface area is 166 Å². The lowest BCUT2D eigenvalue weighted by Gasteiger charge is -2.19. The van der Waals surface area contributed by atoms with Gasteiger partial charge in [-0.05, 0) is 60.7 Å². The summed E-state index contributed by atoms with van der Waals surface area (Å²) in [7, 11) is 0. The Morgan fingerprint density at radius 2 is 1.46 bits per heavy atom. The zero-order valence-corrected chi connectivity index (χ0v) is 15.5. The highest BCUT2D eigenvalue weighted by atomic mass is 32.1. The largest absolute Gasteiger partial charge is 0.486 e. The molecule has 1 aliphatic rings. The molecular formula is C20H17N3O4S. The van der Waals surface area contributed by atoms with Gasteiger partial charge in [0.2, 0.25) is 0 Å². The van der Waals surface area contributed by atoms with Crippen LogP contribution in [0.15, 0.2) is 65.3 Å². The second-order valence-electron chi connectivity index (χ2n) is 5.95. The lowest BCUT2D eigenvalue weighted by molar-refractivity contribution is 0.0996. The van der Waals surface area contributed by atoms with Crippen LogP contribution in [-0.4, -0.2) is 24.2 Å². The van der Waals surface area contributed by atoms with Gasteiger partial charge in [-0.15, -0.1) is 0 Å². The van der Waals surface area contributed by atoms with Crippen molar-refractivity contribution < 1.29 is 18.7 Å². The van der Waals surface area contributed by atoms with E-state index in [0.29, 0.717) is 29.8 Å². The molecule has 0 unspecified atom stereocenters. The fourth-order valence-corrected chi connectivity index (χ4v) is 2.89. The van der Waals surface area contributed by atoms with E-state index in [4.69, 9.17) is 26.1 Å². The molecule has 0 radical (unpaired) electrons. The number of rotatable bonds is 4. The van der Waals surface area contributed by atoms with E-state index in [-0.39, 0.29) is 11.7 Å². The summed E-state index contributed by atoms with van der Waals surface area (Å²) in [5.74, 6) is 1.37. The van der Waals surface area contributed by atoms with Crippen LogP contribution in [-0.2, 0) is 0 Å². The van der Waals surface area contributed by atoms with Gasteiger partial charge in [-0.2, -0.15) is 0 Å². The van der Waals surface area contributed by atoms with Crippen LogP contribution in [0.1, 0.15) is 10.6 Å². The first-order chi connectivity index (χ1) is 13.7. The Balaban J connectivity index is 1.34. The first-order valence-electron chi connectivity index (χ1n) is 8.60. The number of carbonyl (C=O) groups is 1. The molecule has 0 atom stereocenters. The van der Waals surface area contributed by atoms with E-state index in [0.717, 1.165) is 17.1 Å². The minimum atomic E-state index is -0.304. The van der Waals surface area contributed by atoms with Crippen LogP contribution in [0.5, 0.6) is 11.5 Å². The number of fused-ring (bicyclic) bond motifs is 1. The second-order valence-corrected chi connectivity index (χ2v) is 6.35. The molecule has 0 saturated heterocycles. The third-order valence-corrected chi connectivity index (χ3v) is 4.15. The molecule has 142 valence electrons. The first-order valence-corrected chi connectivity index (χ1v) is 9.01. The Kier molecular flexibility index (Phi) is 5.11. The molecule has 3 N–H and O–H groups in total. The van der Waals surface area contributed by atoms with E-state index < -0.39 is 0 Å². The standard InChI is InChI=1S/C20H17N3O4S/c24-19(17-2-1-9-25-17)21-13-3-5-14(6-4-13)22-20(28)23-15-7-8-16-18(12-15)27-11-10-26-16/h1-9,12H,10-11H2,(H,21,24)(H2,22,23,28). The average molecular weight is 395 g/mol. The molecule has 8 heteroatoms. The molecule has 7 nitrogen and oxygen atoms in total. The quantitative estimate of drug-likeness (QED) is 0.573. The predicted molar refractivity (Wildman–Crippen MR) is 110 cm³/mol. The number of nitrogens with one attached hydrogen (secondary N) is 3. The molecule has 0 bridgehead atoms. The van der Waals surface area contributed by atoms with Gasteiger partial charge in [0.25, 0.3) is 5.91 Å². The highest BCUT2D eigenvalue weighted by Gasteiger charge is 2.12. The van der Waals surface area contributed by atoms with Crippen LogP contribution in [0.3, 0.4) is 0 Å². The van der Waals surface area contributed by atoms with Crippen molar-refractivity contribution in [1.29, 1.82) is 0 Å².